The smallest absolute Gasteiger partial charge is 0.0181 e. The maximum Gasteiger partial charge on any atom is -0.0181 e. The summed E-state index contributed by atoms with van der Waals surface area (Å²) in [6.07, 6.45) is 4.07. The Morgan fingerprint density at radius 1 is 1.36 bits per heavy atom. The highest BCUT2D eigenvalue weighted by Crippen LogP contribution is 2.29. The summed E-state index contributed by atoms with van der Waals surface area (Å²) < 4.78 is 0. The van der Waals surface area contributed by atoms with Gasteiger partial charge < -0.3 is 0 Å². The molecule has 0 rings (SSSR count). The third kappa shape index (κ3) is 7.28. The molecule has 0 amide bonds. The minimum Gasteiger partial charge on any atom is -0.131 e. The normalized spacial score (nSPS) is 13.9. The lowest BCUT2D eigenvalue weighted by Gasteiger charge is -2.26. The van der Waals surface area contributed by atoms with E-state index in [1.165, 1.54) is 19.3 Å². The van der Waals surface area contributed by atoms with Crippen molar-refractivity contribution in [1.29, 1.82) is 0 Å². The highest BCUT2D eigenvalue weighted by molar-refractivity contribution is 8.93. The average molecular weight is 241 g/mol. The van der Waals surface area contributed by atoms with Crippen molar-refractivity contribution >= 4 is 26.2 Å². The van der Waals surface area contributed by atoms with Crippen LogP contribution in [0.1, 0.15) is 47.0 Å². The summed E-state index contributed by atoms with van der Waals surface area (Å²) in [6.45, 7) is 9.17. The molecule has 0 N–H and O–H groups in total. The first-order valence-corrected chi connectivity index (χ1v) is 4.85. The maximum atomic E-state index is 2.93. The predicted molar refractivity (Wildman–Crippen MR) is 62.8 cm³/mol. The van der Waals surface area contributed by atoms with Gasteiger partial charge in [-0.05, 0) is 17.5 Å². The van der Waals surface area contributed by atoms with Crippen LogP contribution in [0.15, 0.2) is 0 Å². The van der Waals surface area contributed by atoms with Crippen LogP contribution in [0.4, 0.5) is 0 Å². The van der Waals surface area contributed by atoms with E-state index < -0.39 is 0 Å². The van der Waals surface area contributed by atoms with Crippen LogP contribution in [0.3, 0.4) is 0 Å². The lowest BCUT2D eigenvalue weighted by Crippen LogP contribution is -2.20. The summed E-state index contributed by atoms with van der Waals surface area (Å²) in [5.41, 5.74) is 0. The van der Waals surface area contributed by atoms with Crippen molar-refractivity contribution in [2.75, 3.05) is 0 Å². The van der Waals surface area contributed by atoms with E-state index in [9.17, 15) is 0 Å². The highest BCUT2D eigenvalue weighted by Gasteiger charge is 2.18. The molecule has 0 aliphatic carbocycles. The molecule has 0 heterocycles. The molecule has 11 heavy (non-hydrogen) atoms. The minimum atomic E-state index is 0. The molecule has 70 valence electrons. The van der Waals surface area contributed by atoms with E-state index in [1.54, 1.807) is 0 Å². The van der Waals surface area contributed by atoms with Gasteiger partial charge in [-0.15, -0.1) is 26.2 Å². The van der Waals surface area contributed by atoms with E-state index >= 15 is 0 Å². The quantitative estimate of drug-likeness (QED) is 0.651. The molecular formula is C9H22BrP. The molecule has 0 aliphatic heterocycles. The maximum absolute atomic E-state index is 2.93. The largest absolute Gasteiger partial charge is 0.131 e. The molecule has 0 nitrogen and oxygen atoms in total. The van der Waals surface area contributed by atoms with Crippen molar-refractivity contribution in [2.24, 2.45) is 5.92 Å². The number of hydrogen-bond donors (Lipinski definition) is 0. The van der Waals surface area contributed by atoms with Gasteiger partial charge in [0.15, 0.2) is 0 Å². The van der Waals surface area contributed by atoms with Crippen molar-refractivity contribution in [1.82, 2.24) is 0 Å². The zero-order chi connectivity index (χ0) is 8.20. The molecule has 0 saturated carbocycles. The molecule has 0 saturated heterocycles. The van der Waals surface area contributed by atoms with Crippen molar-refractivity contribution in [3.05, 3.63) is 0 Å². The third-order valence-corrected chi connectivity index (χ3v) is 2.83. The van der Waals surface area contributed by atoms with Crippen LogP contribution < -0.4 is 0 Å². The second-order valence-electron chi connectivity index (χ2n) is 3.86. The third-order valence-electron chi connectivity index (χ3n) is 2.26. The van der Waals surface area contributed by atoms with Crippen molar-refractivity contribution in [3.8, 4) is 0 Å². The first-order chi connectivity index (χ1) is 4.48. The Hall–Kier alpha value is 0.910. The highest BCUT2D eigenvalue weighted by atomic mass is 79.9. The van der Waals surface area contributed by atoms with Gasteiger partial charge in [0.1, 0.15) is 0 Å². The van der Waals surface area contributed by atoms with Crippen molar-refractivity contribution in [2.45, 2.75) is 52.1 Å². The predicted octanol–water partition coefficient (Wildman–Crippen LogP) is 4.04. The molecule has 2 heteroatoms. The molecule has 0 aromatic heterocycles. The van der Waals surface area contributed by atoms with Gasteiger partial charge >= 0.3 is 0 Å². The van der Waals surface area contributed by atoms with E-state index in [4.69, 9.17) is 0 Å². The van der Waals surface area contributed by atoms with Gasteiger partial charge in [0.25, 0.3) is 0 Å². The first-order valence-electron chi connectivity index (χ1n) is 4.27. The van der Waals surface area contributed by atoms with Crippen LogP contribution in [-0.4, -0.2) is 5.16 Å². The van der Waals surface area contributed by atoms with Crippen LogP contribution in [0.2, 0.25) is 0 Å². The summed E-state index contributed by atoms with van der Waals surface area (Å²) in [7, 11) is 2.93. The van der Waals surface area contributed by atoms with Gasteiger partial charge in [-0.3, -0.25) is 0 Å². The second kappa shape index (κ2) is 6.43. The number of hydrogen-bond acceptors (Lipinski definition) is 0. The van der Waals surface area contributed by atoms with E-state index in [0.717, 1.165) is 5.92 Å². The SMILES string of the molecule is Br.CCCCC(C)C(C)(C)P. The Bertz CT molecular complexity index is 86.1. The van der Waals surface area contributed by atoms with Crippen LogP contribution in [0, 0.1) is 5.92 Å². The molecule has 0 radical (unpaired) electrons. The van der Waals surface area contributed by atoms with E-state index in [0.29, 0.717) is 5.16 Å². The van der Waals surface area contributed by atoms with Crippen LogP contribution >= 0.6 is 26.2 Å². The van der Waals surface area contributed by atoms with Gasteiger partial charge in [-0.2, -0.15) is 0 Å². The Balaban J connectivity index is 0. The standard InChI is InChI=1S/C9H21P.BrH/c1-5-6-7-8(2)9(3,4)10;/h8H,5-7,10H2,1-4H3;1H. The van der Waals surface area contributed by atoms with Gasteiger partial charge in [-0.1, -0.05) is 40.5 Å². The Morgan fingerprint density at radius 2 is 1.82 bits per heavy atom. The van der Waals surface area contributed by atoms with Crippen LogP contribution in [0.25, 0.3) is 0 Å². The van der Waals surface area contributed by atoms with Gasteiger partial charge in [-0.25, -0.2) is 0 Å². The molecule has 0 aliphatic rings. The number of rotatable bonds is 4. The van der Waals surface area contributed by atoms with Gasteiger partial charge in [0.05, 0.1) is 0 Å². The summed E-state index contributed by atoms with van der Waals surface area (Å²) >= 11 is 0. The van der Waals surface area contributed by atoms with Crippen LogP contribution in [0.5, 0.6) is 0 Å². The monoisotopic (exact) mass is 240 g/mol. The second-order valence-corrected chi connectivity index (χ2v) is 5.35. The zero-order valence-electron chi connectivity index (χ0n) is 8.18. The Morgan fingerprint density at radius 3 is 2.09 bits per heavy atom. The minimum absolute atomic E-state index is 0. The molecule has 2 atom stereocenters. The molecule has 2 unspecified atom stereocenters. The number of halogens is 1. The van der Waals surface area contributed by atoms with Crippen molar-refractivity contribution in [3.63, 3.8) is 0 Å². The van der Waals surface area contributed by atoms with Crippen LogP contribution in [-0.2, 0) is 0 Å². The summed E-state index contributed by atoms with van der Waals surface area (Å²) in [6, 6.07) is 0. The molecule has 0 aromatic carbocycles. The topological polar surface area (TPSA) is 0 Å². The van der Waals surface area contributed by atoms with E-state index in [2.05, 4.69) is 36.9 Å². The Labute approximate surface area is 84.5 Å². The summed E-state index contributed by atoms with van der Waals surface area (Å²) in [5.74, 6) is 0.831. The molecule has 0 bridgehead atoms. The van der Waals surface area contributed by atoms with Gasteiger partial charge in [0, 0.05) is 0 Å². The van der Waals surface area contributed by atoms with Crippen molar-refractivity contribution < 1.29 is 0 Å². The first kappa shape index (κ1) is 14.4. The number of unbranched alkanes of at least 4 members (excludes halogenated alkanes) is 1. The summed E-state index contributed by atoms with van der Waals surface area (Å²) in [5, 5.41) is 0.426. The fourth-order valence-corrected chi connectivity index (χ4v) is 1.05. The molecule has 0 fully saturated rings. The fourth-order valence-electron chi connectivity index (χ4n) is 0.882. The van der Waals surface area contributed by atoms with E-state index in [1.807, 2.05) is 0 Å². The lowest BCUT2D eigenvalue weighted by atomic mass is 9.92. The fraction of sp³-hybridized carbons (Fsp3) is 1.00. The van der Waals surface area contributed by atoms with E-state index in [-0.39, 0.29) is 17.0 Å². The Kier molecular flexibility index (Phi) is 8.44. The summed E-state index contributed by atoms with van der Waals surface area (Å²) in [4.78, 5) is 0. The molecular weight excluding hydrogens is 219 g/mol. The average Bonchev–Trinajstić information content (AvgIpc) is 1.80. The molecule has 0 aromatic rings. The molecule has 0 spiro atoms. The van der Waals surface area contributed by atoms with Gasteiger partial charge in [0.2, 0.25) is 0 Å². The lowest BCUT2D eigenvalue weighted by molar-refractivity contribution is 0.415. The zero-order valence-corrected chi connectivity index (χ0v) is 11.1.